The Balaban J connectivity index is 1.03. The van der Waals surface area contributed by atoms with E-state index in [1.54, 1.807) is 30.3 Å². The first kappa shape index (κ1) is 31.6. The number of carbonyl (C=O) groups is 2. The van der Waals surface area contributed by atoms with Crippen molar-refractivity contribution in [2.45, 2.75) is 38.5 Å². The molecule has 2 saturated heterocycles. The van der Waals surface area contributed by atoms with Gasteiger partial charge in [-0.1, -0.05) is 35.3 Å². The second-order valence-corrected chi connectivity index (χ2v) is 13.0. The predicted molar refractivity (Wildman–Crippen MR) is 174 cm³/mol. The molecular weight excluding hydrogens is 616 g/mol. The quantitative estimate of drug-likeness (QED) is 0.247. The smallest absolute Gasteiger partial charge is 0.253 e. The van der Waals surface area contributed by atoms with Gasteiger partial charge >= 0.3 is 0 Å². The van der Waals surface area contributed by atoms with Gasteiger partial charge in [0.25, 0.3) is 5.91 Å². The first-order chi connectivity index (χ1) is 21.8. The van der Waals surface area contributed by atoms with Crippen LogP contribution in [0.2, 0.25) is 10.0 Å². The Morgan fingerprint density at radius 2 is 1.58 bits per heavy atom. The van der Waals surface area contributed by atoms with Crippen molar-refractivity contribution >= 4 is 40.7 Å². The van der Waals surface area contributed by atoms with Crippen molar-refractivity contribution in [3.05, 3.63) is 87.7 Å². The molecular formula is C35H38Cl2FN3O4. The van der Waals surface area contributed by atoms with Gasteiger partial charge < -0.3 is 24.2 Å². The number of hydrogen-bond donors (Lipinski definition) is 0. The van der Waals surface area contributed by atoms with E-state index >= 15 is 0 Å². The Kier molecular flexibility index (Phi) is 10.1. The van der Waals surface area contributed by atoms with Crippen LogP contribution in [0.25, 0.3) is 0 Å². The molecule has 0 radical (unpaired) electrons. The minimum absolute atomic E-state index is 0.0570. The van der Waals surface area contributed by atoms with Crippen molar-refractivity contribution in [3.8, 4) is 11.5 Å². The average Bonchev–Trinajstić information content (AvgIpc) is 3.54. The topological polar surface area (TPSA) is 62.3 Å². The first-order valence-corrected chi connectivity index (χ1v) is 16.5. The number of amides is 2. The number of carbonyl (C=O) groups excluding carboxylic acids is 2. The van der Waals surface area contributed by atoms with Gasteiger partial charge in [-0.15, -0.1) is 0 Å². The van der Waals surface area contributed by atoms with Crippen LogP contribution < -0.4 is 14.4 Å². The molecule has 7 nitrogen and oxygen atoms in total. The molecule has 0 aliphatic carbocycles. The van der Waals surface area contributed by atoms with Gasteiger partial charge in [-0.2, -0.15) is 0 Å². The molecule has 0 spiro atoms. The van der Waals surface area contributed by atoms with Gasteiger partial charge in [0.1, 0.15) is 5.82 Å². The highest BCUT2D eigenvalue weighted by atomic mass is 35.5. The third-order valence-electron chi connectivity index (χ3n) is 9.23. The Bertz CT molecular complexity index is 1510. The molecule has 0 saturated carbocycles. The monoisotopic (exact) mass is 653 g/mol. The van der Waals surface area contributed by atoms with Crippen molar-refractivity contribution < 1.29 is 23.5 Å². The summed E-state index contributed by atoms with van der Waals surface area (Å²) in [5, 5.41) is 0.867. The Morgan fingerprint density at radius 3 is 2.31 bits per heavy atom. The number of piperidine rings is 2. The molecule has 0 aromatic heterocycles. The third-order valence-corrected chi connectivity index (χ3v) is 9.97. The number of ether oxygens (including phenoxy) is 2. The normalized spacial score (nSPS) is 17.4. The number of benzene rings is 3. The SMILES string of the molecule is O=C(c1ccc2c(c1)OCO2)N1CCC(C(=O)N(CCCN2CCC(Cc3ccc(F)cc3)CC2)c2ccc(Cl)c(Cl)c2)CC1. The van der Waals surface area contributed by atoms with Crippen LogP contribution in [0.4, 0.5) is 10.1 Å². The highest BCUT2D eigenvalue weighted by Gasteiger charge is 2.32. The van der Waals surface area contributed by atoms with Crippen molar-refractivity contribution in [3.63, 3.8) is 0 Å². The van der Waals surface area contributed by atoms with Crippen molar-refractivity contribution in [1.29, 1.82) is 0 Å². The summed E-state index contributed by atoms with van der Waals surface area (Å²) < 4.78 is 24.1. The largest absolute Gasteiger partial charge is 0.454 e. The lowest BCUT2D eigenvalue weighted by Gasteiger charge is -2.35. The number of halogens is 3. The van der Waals surface area contributed by atoms with Crippen molar-refractivity contribution in [2.75, 3.05) is 51.0 Å². The van der Waals surface area contributed by atoms with E-state index in [0.717, 1.165) is 51.0 Å². The number of anilines is 1. The van der Waals surface area contributed by atoms with Gasteiger partial charge in [0.15, 0.2) is 11.5 Å². The molecule has 0 atom stereocenters. The number of hydrogen-bond acceptors (Lipinski definition) is 5. The zero-order valence-corrected chi connectivity index (χ0v) is 26.7. The number of fused-ring (bicyclic) bond motifs is 1. The lowest BCUT2D eigenvalue weighted by atomic mass is 9.90. The molecule has 3 heterocycles. The standard InChI is InChI=1S/C35H38Cl2FN3O4/c36-30-8-7-29(22-31(30)37)41(15-1-14-39-16-10-25(11-17-39)20-24-2-5-28(38)6-3-24)35(43)26-12-18-40(19-13-26)34(42)27-4-9-32-33(21-27)45-23-44-32/h2-9,21-22,25-26H,1,10-20,23H2. The van der Waals surface area contributed by atoms with Crippen LogP contribution in [0, 0.1) is 17.7 Å². The fraction of sp³-hybridized carbons (Fsp3) is 0.429. The van der Waals surface area contributed by atoms with Gasteiger partial charge in [0.2, 0.25) is 12.7 Å². The zero-order valence-electron chi connectivity index (χ0n) is 25.2. The number of nitrogens with zero attached hydrogens (tertiary/aromatic N) is 3. The number of likely N-dealkylation sites (tertiary alicyclic amines) is 2. The molecule has 2 fully saturated rings. The van der Waals surface area contributed by atoms with Gasteiger partial charge in [-0.3, -0.25) is 9.59 Å². The second-order valence-electron chi connectivity index (χ2n) is 12.2. The number of rotatable bonds is 9. The van der Waals surface area contributed by atoms with E-state index in [4.69, 9.17) is 32.7 Å². The summed E-state index contributed by atoms with van der Waals surface area (Å²) in [6.07, 6.45) is 5.21. The van der Waals surface area contributed by atoms with E-state index in [1.807, 2.05) is 28.0 Å². The molecule has 3 aromatic carbocycles. The lowest BCUT2D eigenvalue weighted by molar-refractivity contribution is -0.123. The van der Waals surface area contributed by atoms with Crippen LogP contribution in [-0.4, -0.2) is 67.7 Å². The molecule has 0 N–H and O–H groups in total. The summed E-state index contributed by atoms with van der Waals surface area (Å²) in [5.41, 5.74) is 2.49. The maximum Gasteiger partial charge on any atom is 0.253 e. The Hall–Kier alpha value is -3.33. The highest BCUT2D eigenvalue weighted by molar-refractivity contribution is 6.42. The molecule has 10 heteroatoms. The first-order valence-electron chi connectivity index (χ1n) is 15.8. The van der Waals surface area contributed by atoms with Crippen molar-refractivity contribution in [1.82, 2.24) is 9.80 Å². The van der Waals surface area contributed by atoms with Gasteiger partial charge in [0, 0.05) is 36.8 Å². The molecule has 3 aromatic rings. The summed E-state index contributed by atoms with van der Waals surface area (Å²) in [6.45, 7) is 4.68. The van der Waals surface area contributed by atoms with Crippen LogP contribution in [0.3, 0.4) is 0 Å². The van der Waals surface area contributed by atoms with E-state index < -0.39 is 0 Å². The van der Waals surface area contributed by atoms with Crippen molar-refractivity contribution in [2.24, 2.45) is 11.8 Å². The van der Waals surface area contributed by atoms with E-state index in [1.165, 1.54) is 17.7 Å². The summed E-state index contributed by atoms with van der Waals surface area (Å²) in [4.78, 5) is 33.3. The molecule has 0 bridgehead atoms. The molecule has 0 unspecified atom stereocenters. The van der Waals surface area contributed by atoms with Crippen LogP contribution >= 0.6 is 23.2 Å². The van der Waals surface area contributed by atoms with E-state index in [0.29, 0.717) is 65.5 Å². The fourth-order valence-corrected chi connectivity index (χ4v) is 6.89. The summed E-state index contributed by atoms with van der Waals surface area (Å²) in [6, 6.07) is 17.4. The van der Waals surface area contributed by atoms with E-state index in [9.17, 15) is 14.0 Å². The lowest BCUT2D eigenvalue weighted by Crippen LogP contribution is -2.45. The van der Waals surface area contributed by atoms with E-state index in [-0.39, 0.29) is 30.3 Å². The minimum Gasteiger partial charge on any atom is -0.454 e. The fourth-order valence-electron chi connectivity index (χ4n) is 6.60. The maximum atomic E-state index is 14.0. The molecule has 6 rings (SSSR count). The second kappa shape index (κ2) is 14.4. The van der Waals surface area contributed by atoms with E-state index in [2.05, 4.69) is 4.90 Å². The highest BCUT2D eigenvalue weighted by Crippen LogP contribution is 2.34. The Morgan fingerprint density at radius 1 is 0.844 bits per heavy atom. The Labute approximate surface area is 273 Å². The molecule has 2 amide bonds. The predicted octanol–water partition coefficient (Wildman–Crippen LogP) is 7.09. The maximum absolute atomic E-state index is 14.0. The molecule has 3 aliphatic rings. The van der Waals surface area contributed by atoms with Gasteiger partial charge in [0.05, 0.1) is 10.0 Å². The van der Waals surface area contributed by atoms with Crippen LogP contribution in [0.15, 0.2) is 60.7 Å². The minimum atomic E-state index is -0.194. The van der Waals surface area contributed by atoms with Gasteiger partial charge in [-0.05, 0) is 118 Å². The summed E-state index contributed by atoms with van der Waals surface area (Å²) in [7, 11) is 0. The average molecular weight is 655 g/mol. The molecule has 238 valence electrons. The van der Waals surface area contributed by atoms with Crippen LogP contribution in [-0.2, 0) is 11.2 Å². The van der Waals surface area contributed by atoms with Gasteiger partial charge in [-0.25, -0.2) is 4.39 Å². The molecule has 3 aliphatic heterocycles. The molecule has 45 heavy (non-hydrogen) atoms. The zero-order chi connectivity index (χ0) is 31.3. The summed E-state index contributed by atoms with van der Waals surface area (Å²) in [5.74, 6) is 1.43. The van der Waals surface area contributed by atoms with Crippen LogP contribution in [0.5, 0.6) is 11.5 Å². The summed E-state index contributed by atoms with van der Waals surface area (Å²) >= 11 is 12.6. The van der Waals surface area contributed by atoms with Crippen LogP contribution in [0.1, 0.15) is 48.0 Å². The third kappa shape index (κ3) is 7.74.